The van der Waals surface area contributed by atoms with Gasteiger partial charge in [-0.15, -0.1) is 0 Å². The zero-order chi connectivity index (χ0) is 14.0. The summed E-state index contributed by atoms with van der Waals surface area (Å²) in [4.78, 5) is 0. The van der Waals surface area contributed by atoms with Crippen LogP contribution in [-0.4, -0.2) is 0 Å². The Balaban J connectivity index is 2.19. The fraction of sp³-hybridized carbons (Fsp3) is 0.143. The predicted molar refractivity (Wildman–Crippen MR) is 69.8 cm³/mol. The molecular formula is C14H11ClF3N. The first-order chi connectivity index (χ1) is 8.97. The number of hydrogen-bond acceptors (Lipinski definition) is 1. The van der Waals surface area contributed by atoms with Crippen LogP contribution in [0.4, 0.5) is 18.9 Å². The van der Waals surface area contributed by atoms with Crippen molar-refractivity contribution in [3.05, 3.63) is 63.9 Å². The van der Waals surface area contributed by atoms with Gasteiger partial charge in [-0.25, -0.2) is 13.2 Å². The lowest BCUT2D eigenvalue weighted by Gasteiger charge is -2.10. The van der Waals surface area contributed by atoms with Gasteiger partial charge in [0.1, 0.15) is 5.82 Å². The first kappa shape index (κ1) is 13.7. The average molecular weight is 286 g/mol. The molecule has 100 valence electrons. The molecule has 5 heteroatoms. The van der Waals surface area contributed by atoms with Crippen molar-refractivity contribution in [2.24, 2.45) is 0 Å². The van der Waals surface area contributed by atoms with Crippen LogP contribution in [0.15, 0.2) is 30.3 Å². The van der Waals surface area contributed by atoms with Gasteiger partial charge in [-0.3, -0.25) is 0 Å². The van der Waals surface area contributed by atoms with Crippen molar-refractivity contribution in [1.82, 2.24) is 0 Å². The first-order valence-electron chi connectivity index (χ1n) is 5.61. The van der Waals surface area contributed by atoms with Crippen LogP contribution in [0.5, 0.6) is 0 Å². The van der Waals surface area contributed by atoms with Gasteiger partial charge in [-0.2, -0.15) is 0 Å². The summed E-state index contributed by atoms with van der Waals surface area (Å²) in [5.74, 6) is -3.17. The number of benzene rings is 2. The Morgan fingerprint density at radius 1 is 1.11 bits per heavy atom. The van der Waals surface area contributed by atoms with Crippen LogP contribution in [0.2, 0.25) is 5.02 Å². The largest absolute Gasteiger partial charge is 0.378 e. The molecule has 0 spiro atoms. The summed E-state index contributed by atoms with van der Waals surface area (Å²) in [5, 5.41) is 3.15. The summed E-state index contributed by atoms with van der Waals surface area (Å²) in [6, 6.07) is 6.80. The molecule has 0 fully saturated rings. The van der Waals surface area contributed by atoms with Gasteiger partial charge < -0.3 is 5.32 Å². The van der Waals surface area contributed by atoms with E-state index in [1.165, 1.54) is 0 Å². The smallest absolute Gasteiger partial charge is 0.182 e. The lowest BCUT2D eigenvalue weighted by atomic mass is 10.1. The molecule has 2 aromatic carbocycles. The number of rotatable bonds is 3. The Morgan fingerprint density at radius 3 is 2.53 bits per heavy atom. The minimum Gasteiger partial charge on any atom is -0.378 e. The number of anilines is 1. The van der Waals surface area contributed by atoms with Gasteiger partial charge in [-0.1, -0.05) is 23.7 Å². The fourth-order valence-corrected chi connectivity index (χ4v) is 1.97. The van der Waals surface area contributed by atoms with Crippen molar-refractivity contribution >= 4 is 17.3 Å². The summed E-state index contributed by atoms with van der Waals surface area (Å²) < 4.78 is 39.4. The Hall–Kier alpha value is -1.68. The maximum absolute atomic E-state index is 13.4. The number of hydrogen-bond donors (Lipinski definition) is 1. The molecule has 1 N–H and O–H groups in total. The molecule has 19 heavy (non-hydrogen) atoms. The minimum absolute atomic E-state index is 0.179. The lowest BCUT2D eigenvalue weighted by Crippen LogP contribution is -2.04. The van der Waals surface area contributed by atoms with Crippen LogP contribution in [0, 0.1) is 24.4 Å². The van der Waals surface area contributed by atoms with Crippen molar-refractivity contribution in [2.45, 2.75) is 13.5 Å². The molecule has 2 rings (SSSR count). The van der Waals surface area contributed by atoms with E-state index in [1.54, 1.807) is 12.1 Å². The van der Waals surface area contributed by atoms with E-state index in [9.17, 15) is 13.2 Å². The second-order valence-electron chi connectivity index (χ2n) is 4.20. The highest BCUT2D eigenvalue weighted by Gasteiger charge is 2.11. The first-order valence-corrected chi connectivity index (χ1v) is 5.98. The van der Waals surface area contributed by atoms with Crippen LogP contribution in [0.25, 0.3) is 0 Å². The highest BCUT2D eigenvalue weighted by molar-refractivity contribution is 6.31. The van der Waals surface area contributed by atoms with Crippen LogP contribution < -0.4 is 5.32 Å². The molecular weight excluding hydrogens is 275 g/mol. The molecule has 1 nitrogen and oxygen atoms in total. The van der Waals surface area contributed by atoms with Crippen molar-refractivity contribution in [3.63, 3.8) is 0 Å². The van der Waals surface area contributed by atoms with Crippen molar-refractivity contribution in [2.75, 3.05) is 5.32 Å². The molecule has 0 aliphatic rings. The standard InChI is InChI=1S/C14H11ClF3N/c1-8-2-3-9(11(15)4-8)7-19-13-6-10(16)5-12(17)14(13)18/h2-6,19H,7H2,1H3. The molecule has 0 saturated heterocycles. The van der Waals surface area contributed by atoms with Crippen LogP contribution in [0.1, 0.15) is 11.1 Å². The van der Waals surface area contributed by atoms with E-state index in [0.717, 1.165) is 17.2 Å². The lowest BCUT2D eigenvalue weighted by molar-refractivity contribution is 0.497. The maximum atomic E-state index is 13.4. The maximum Gasteiger partial charge on any atom is 0.182 e. The third kappa shape index (κ3) is 3.20. The van der Waals surface area contributed by atoms with Crippen LogP contribution in [-0.2, 0) is 6.54 Å². The topological polar surface area (TPSA) is 12.0 Å². The van der Waals surface area contributed by atoms with Gasteiger partial charge >= 0.3 is 0 Å². The van der Waals surface area contributed by atoms with E-state index >= 15 is 0 Å². The Morgan fingerprint density at radius 2 is 1.84 bits per heavy atom. The SMILES string of the molecule is Cc1ccc(CNc2cc(F)cc(F)c2F)c(Cl)c1. The molecule has 2 aromatic rings. The Kier molecular flexibility index (Phi) is 4.00. The normalized spacial score (nSPS) is 10.6. The number of halogens is 4. The number of aryl methyl sites for hydroxylation is 1. The van der Waals surface area contributed by atoms with E-state index in [2.05, 4.69) is 5.32 Å². The van der Waals surface area contributed by atoms with E-state index < -0.39 is 17.5 Å². The fourth-order valence-electron chi connectivity index (χ4n) is 1.67. The molecule has 0 bridgehead atoms. The third-order valence-corrected chi connectivity index (χ3v) is 3.02. The monoisotopic (exact) mass is 285 g/mol. The second kappa shape index (κ2) is 5.53. The van der Waals surface area contributed by atoms with Crippen molar-refractivity contribution < 1.29 is 13.2 Å². The van der Waals surface area contributed by atoms with Crippen LogP contribution in [0.3, 0.4) is 0 Å². The predicted octanol–water partition coefficient (Wildman–Crippen LogP) is 4.68. The summed E-state index contributed by atoms with van der Waals surface area (Å²) in [5.41, 5.74) is 1.49. The quantitative estimate of drug-likeness (QED) is 0.808. The van der Waals surface area contributed by atoms with E-state index in [-0.39, 0.29) is 12.2 Å². The van der Waals surface area contributed by atoms with Gasteiger partial charge in [0.25, 0.3) is 0 Å². The van der Waals surface area contributed by atoms with Crippen molar-refractivity contribution in [3.8, 4) is 0 Å². The summed E-state index contributed by atoms with van der Waals surface area (Å²) in [6.07, 6.45) is 0. The minimum atomic E-state index is -1.22. The molecule has 0 unspecified atom stereocenters. The zero-order valence-electron chi connectivity index (χ0n) is 10.1. The Bertz CT molecular complexity index is 614. The summed E-state index contributed by atoms with van der Waals surface area (Å²) in [6.45, 7) is 2.07. The molecule has 0 amide bonds. The number of nitrogens with one attached hydrogen (secondary N) is 1. The second-order valence-corrected chi connectivity index (χ2v) is 4.60. The molecule has 0 heterocycles. The Labute approximate surface area is 114 Å². The van der Waals surface area contributed by atoms with E-state index in [1.807, 2.05) is 13.0 Å². The molecule has 0 radical (unpaired) electrons. The van der Waals surface area contributed by atoms with Crippen molar-refractivity contribution in [1.29, 1.82) is 0 Å². The zero-order valence-corrected chi connectivity index (χ0v) is 10.9. The molecule has 0 aromatic heterocycles. The van der Waals surface area contributed by atoms with Gasteiger partial charge in [0.05, 0.1) is 5.69 Å². The third-order valence-electron chi connectivity index (χ3n) is 2.67. The van der Waals surface area contributed by atoms with Gasteiger partial charge in [0.15, 0.2) is 11.6 Å². The highest BCUT2D eigenvalue weighted by atomic mass is 35.5. The van der Waals surface area contributed by atoms with Gasteiger partial charge in [0.2, 0.25) is 0 Å². The molecule has 0 atom stereocenters. The van der Waals surface area contributed by atoms with Crippen LogP contribution >= 0.6 is 11.6 Å². The van der Waals surface area contributed by atoms with Gasteiger partial charge in [0, 0.05) is 23.7 Å². The van der Waals surface area contributed by atoms with E-state index in [0.29, 0.717) is 11.1 Å². The van der Waals surface area contributed by atoms with E-state index in [4.69, 9.17) is 11.6 Å². The van der Waals surface area contributed by atoms with Gasteiger partial charge in [-0.05, 0) is 24.1 Å². The highest BCUT2D eigenvalue weighted by Crippen LogP contribution is 2.22. The summed E-state index contributed by atoms with van der Waals surface area (Å²) in [7, 11) is 0. The average Bonchev–Trinajstić information content (AvgIpc) is 2.33. The molecule has 0 saturated carbocycles. The molecule has 0 aliphatic carbocycles. The molecule has 0 aliphatic heterocycles. The summed E-state index contributed by atoms with van der Waals surface area (Å²) >= 11 is 6.02.